The number of anilines is 2. The molecule has 0 aliphatic carbocycles. The van der Waals surface area contributed by atoms with Gasteiger partial charge in [0.2, 0.25) is 0 Å². The minimum atomic E-state index is -4.57. The van der Waals surface area contributed by atoms with Crippen LogP contribution in [-0.4, -0.2) is 5.91 Å². The van der Waals surface area contributed by atoms with E-state index in [1.54, 1.807) is 12.1 Å². The van der Waals surface area contributed by atoms with Gasteiger partial charge in [-0.25, -0.2) is 0 Å². The molecule has 0 bridgehead atoms. The summed E-state index contributed by atoms with van der Waals surface area (Å²) in [5.41, 5.74) is 4.81. The van der Waals surface area contributed by atoms with Crippen LogP contribution in [0.3, 0.4) is 0 Å². The Labute approximate surface area is 135 Å². The molecule has 0 aromatic heterocycles. The molecule has 3 nitrogen and oxygen atoms in total. The van der Waals surface area contributed by atoms with Gasteiger partial charge in [-0.05, 0) is 29.7 Å². The summed E-state index contributed by atoms with van der Waals surface area (Å²) in [6.07, 6.45) is -4.57. The highest BCUT2D eigenvalue weighted by molar-refractivity contribution is 6.09. The minimum Gasteiger partial charge on any atom is -0.399 e. The number of halogens is 3. The number of hydrogen-bond donors (Lipinski definition) is 2. The maximum absolute atomic E-state index is 12.9. The third-order valence-electron chi connectivity index (χ3n) is 3.58. The zero-order chi connectivity index (χ0) is 17.3. The lowest BCUT2D eigenvalue weighted by atomic mass is 10.1. The molecule has 3 aromatic rings. The Morgan fingerprint density at radius 2 is 1.67 bits per heavy atom. The van der Waals surface area contributed by atoms with Crippen molar-refractivity contribution in [2.45, 2.75) is 6.18 Å². The molecular formula is C18H13F3N2O. The van der Waals surface area contributed by atoms with Gasteiger partial charge in [0.25, 0.3) is 5.91 Å². The van der Waals surface area contributed by atoms with Crippen molar-refractivity contribution in [1.29, 1.82) is 0 Å². The van der Waals surface area contributed by atoms with Crippen LogP contribution in [0.4, 0.5) is 24.5 Å². The molecule has 24 heavy (non-hydrogen) atoms. The van der Waals surface area contributed by atoms with Gasteiger partial charge in [-0.3, -0.25) is 4.79 Å². The monoisotopic (exact) mass is 330 g/mol. The van der Waals surface area contributed by atoms with E-state index in [0.29, 0.717) is 5.69 Å². The van der Waals surface area contributed by atoms with Crippen LogP contribution in [0.2, 0.25) is 0 Å². The molecular weight excluding hydrogens is 317 g/mol. The molecule has 0 atom stereocenters. The first kappa shape index (κ1) is 15.9. The van der Waals surface area contributed by atoms with E-state index in [4.69, 9.17) is 5.73 Å². The van der Waals surface area contributed by atoms with Gasteiger partial charge in [0.1, 0.15) is 0 Å². The standard InChI is InChI=1S/C18H13F3N2O/c19-18(20,21)13-8-12(9-14(22)10-13)17(24)23-16-7-3-5-11-4-1-2-6-15(11)16/h1-10H,22H2,(H,23,24). The maximum Gasteiger partial charge on any atom is 0.416 e. The van der Waals surface area contributed by atoms with Crippen LogP contribution in [0.5, 0.6) is 0 Å². The molecule has 0 saturated heterocycles. The van der Waals surface area contributed by atoms with Gasteiger partial charge in [-0.1, -0.05) is 36.4 Å². The van der Waals surface area contributed by atoms with Crippen molar-refractivity contribution >= 4 is 28.1 Å². The van der Waals surface area contributed by atoms with Gasteiger partial charge in [0, 0.05) is 22.3 Å². The first-order chi connectivity index (χ1) is 11.3. The van der Waals surface area contributed by atoms with Crippen molar-refractivity contribution in [3.05, 3.63) is 71.8 Å². The highest BCUT2D eigenvalue weighted by atomic mass is 19.4. The summed E-state index contributed by atoms with van der Waals surface area (Å²) in [5.74, 6) is -0.649. The Kier molecular flexibility index (Phi) is 3.89. The highest BCUT2D eigenvalue weighted by Gasteiger charge is 2.31. The first-order valence-electron chi connectivity index (χ1n) is 7.11. The predicted octanol–water partition coefficient (Wildman–Crippen LogP) is 4.69. The summed E-state index contributed by atoms with van der Waals surface area (Å²) in [5, 5.41) is 4.36. The normalized spacial score (nSPS) is 11.5. The average molecular weight is 330 g/mol. The zero-order valence-electron chi connectivity index (χ0n) is 12.4. The smallest absolute Gasteiger partial charge is 0.399 e. The Morgan fingerprint density at radius 1 is 0.958 bits per heavy atom. The number of hydrogen-bond acceptors (Lipinski definition) is 2. The van der Waals surface area contributed by atoms with Crippen LogP contribution >= 0.6 is 0 Å². The fourth-order valence-electron chi connectivity index (χ4n) is 2.48. The van der Waals surface area contributed by atoms with Crippen LogP contribution in [0, 0.1) is 0 Å². The highest BCUT2D eigenvalue weighted by Crippen LogP contribution is 2.31. The third kappa shape index (κ3) is 3.17. The molecule has 0 aliphatic rings. The number of alkyl halides is 3. The van der Waals surface area contributed by atoms with Crippen molar-refractivity contribution in [2.24, 2.45) is 0 Å². The second-order valence-electron chi connectivity index (χ2n) is 5.32. The molecule has 0 fully saturated rings. The molecule has 0 radical (unpaired) electrons. The summed E-state index contributed by atoms with van der Waals surface area (Å²) in [7, 11) is 0. The van der Waals surface area contributed by atoms with Gasteiger partial charge < -0.3 is 11.1 Å². The van der Waals surface area contributed by atoms with Gasteiger partial charge >= 0.3 is 6.18 Å². The molecule has 1 amide bonds. The number of nitrogen functional groups attached to an aromatic ring is 1. The Bertz CT molecular complexity index is 914. The molecule has 3 N–H and O–H groups in total. The largest absolute Gasteiger partial charge is 0.416 e. The van der Waals surface area contributed by atoms with Crippen LogP contribution in [0.25, 0.3) is 10.8 Å². The van der Waals surface area contributed by atoms with Crippen molar-refractivity contribution < 1.29 is 18.0 Å². The number of nitrogens with one attached hydrogen (secondary N) is 1. The molecule has 0 unspecified atom stereocenters. The van der Waals surface area contributed by atoms with E-state index < -0.39 is 17.6 Å². The van der Waals surface area contributed by atoms with Gasteiger partial charge in [0.05, 0.1) is 5.56 Å². The molecule has 0 heterocycles. The quantitative estimate of drug-likeness (QED) is 0.670. The average Bonchev–Trinajstić information content (AvgIpc) is 2.54. The van der Waals surface area contributed by atoms with Crippen LogP contribution < -0.4 is 11.1 Å². The molecule has 0 saturated carbocycles. The predicted molar refractivity (Wildman–Crippen MR) is 87.8 cm³/mol. The maximum atomic E-state index is 12.9. The number of rotatable bonds is 2. The van der Waals surface area contributed by atoms with Gasteiger partial charge in [0.15, 0.2) is 0 Å². The van der Waals surface area contributed by atoms with Crippen LogP contribution in [0.1, 0.15) is 15.9 Å². The topological polar surface area (TPSA) is 55.1 Å². The van der Waals surface area contributed by atoms with E-state index in [-0.39, 0.29) is 11.3 Å². The van der Waals surface area contributed by atoms with Gasteiger partial charge in [-0.2, -0.15) is 13.2 Å². The number of carbonyl (C=O) groups excluding carboxylic acids is 1. The Balaban J connectivity index is 1.97. The van der Waals surface area contributed by atoms with Crippen LogP contribution in [-0.2, 0) is 6.18 Å². The summed E-state index contributed by atoms with van der Waals surface area (Å²) in [6.45, 7) is 0. The second kappa shape index (κ2) is 5.88. The number of nitrogens with two attached hydrogens (primary N) is 1. The fourth-order valence-corrected chi connectivity index (χ4v) is 2.48. The lowest BCUT2D eigenvalue weighted by Gasteiger charge is -2.12. The zero-order valence-corrected chi connectivity index (χ0v) is 12.4. The second-order valence-corrected chi connectivity index (χ2v) is 5.32. The SMILES string of the molecule is Nc1cc(C(=O)Nc2cccc3ccccc23)cc(C(F)(F)F)c1. The lowest BCUT2D eigenvalue weighted by molar-refractivity contribution is -0.137. The fraction of sp³-hybridized carbons (Fsp3) is 0.0556. The van der Waals surface area contributed by atoms with Crippen molar-refractivity contribution in [2.75, 3.05) is 11.1 Å². The van der Waals surface area contributed by atoms with Gasteiger partial charge in [-0.15, -0.1) is 0 Å². The molecule has 3 rings (SSSR count). The molecule has 6 heteroatoms. The van der Waals surface area contributed by atoms with E-state index in [1.165, 1.54) is 6.07 Å². The van der Waals surface area contributed by atoms with Crippen molar-refractivity contribution in [3.63, 3.8) is 0 Å². The number of benzene rings is 3. The van der Waals surface area contributed by atoms with Crippen molar-refractivity contribution in [3.8, 4) is 0 Å². The number of carbonyl (C=O) groups is 1. The Hall–Kier alpha value is -3.02. The molecule has 0 aliphatic heterocycles. The number of amides is 1. The first-order valence-corrected chi connectivity index (χ1v) is 7.11. The van der Waals surface area contributed by atoms with E-state index in [1.807, 2.05) is 30.3 Å². The molecule has 122 valence electrons. The Morgan fingerprint density at radius 3 is 2.42 bits per heavy atom. The van der Waals surface area contributed by atoms with E-state index in [2.05, 4.69) is 5.32 Å². The minimum absolute atomic E-state index is 0.118. The summed E-state index contributed by atoms with van der Waals surface area (Å²) >= 11 is 0. The molecule has 3 aromatic carbocycles. The van der Waals surface area contributed by atoms with Crippen molar-refractivity contribution in [1.82, 2.24) is 0 Å². The van der Waals surface area contributed by atoms with E-state index in [0.717, 1.165) is 22.9 Å². The molecule has 0 spiro atoms. The number of fused-ring (bicyclic) bond motifs is 1. The summed E-state index contributed by atoms with van der Waals surface area (Å²) < 4.78 is 38.6. The van der Waals surface area contributed by atoms with E-state index in [9.17, 15) is 18.0 Å². The van der Waals surface area contributed by atoms with E-state index >= 15 is 0 Å². The van der Waals surface area contributed by atoms with Crippen LogP contribution in [0.15, 0.2) is 60.7 Å². The summed E-state index contributed by atoms with van der Waals surface area (Å²) in [4.78, 5) is 12.4. The lowest BCUT2D eigenvalue weighted by Crippen LogP contribution is -2.15. The third-order valence-corrected chi connectivity index (χ3v) is 3.58. The summed E-state index contributed by atoms with van der Waals surface area (Å²) in [6, 6.07) is 15.5.